The van der Waals surface area contributed by atoms with E-state index >= 15 is 8.78 Å². The summed E-state index contributed by atoms with van der Waals surface area (Å²) in [7, 11) is 0. The van der Waals surface area contributed by atoms with Crippen LogP contribution in [0.4, 0.5) is 8.78 Å². The molecular formula is C82H72F2N4O8. The first kappa shape index (κ1) is 64.6. The van der Waals surface area contributed by atoms with Gasteiger partial charge >= 0.3 is 0 Å². The zero-order valence-corrected chi connectivity index (χ0v) is 52.7. The van der Waals surface area contributed by atoms with E-state index in [0.29, 0.717) is 78.2 Å². The molecular weight excluding hydrogens is 1210 g/mol. The van der Waals surface area contributed by atoms with E-state index in [1.54, 1.807) is 24.3 Å². The van der Waals surface area contributed by atoms with E-state index in [4.69, 9.17) is 38.4 Å². The average Bonchev–Trinajstić information content (AvgIpc) is 1.65. The molecule has 2 aliphatic rings. The molecule has 3 aromatic heterocycles. The molecule has 2 aliphatic heterocycles. The maximum atomic E-state index is 15.2. The van der Waals surface area contributed by atoms with Crippen molar-refractivity contribution in [2.45, 2.75) is 76.3 Å². The highest BCUT2D eigenvalue weighted by Gasteiger charge is 2.38. The lowest BCUT2D eigenvalue weighted by Crippen LogP contribution is -2.39. The number of hydrogen-bond acceptors (Lipinski definition) is 10. The number of halogens is 2. The fraction of sp³-hybridized carbons (Fsp3) is 0.171. The summed E-state index contributed by atoms with van der Waals surface area (Å²) >= 11 is 0. The molecule has 0 saturated heterocycles. The number of fused-ring (bicyclic) bond motifs is 8. The van der Waals surface area contributed by atoms with Gasteiger partial charge in [-0.1, -0.05) is 206 Å². The third-order valence-electron chi connectivity index (χ3n) is 16.9. The van der Waals surface area contributed by atoms with E-state index in [9.17, 15) is 10.2 Å². The van der Waals surface area contributed by atoms with Crippen LogP contribution in [0.1, 0.15) is 79.5 Å². The lowest BCUT2D eigenvalue weighted by molar-refractivity contribution is -0.149. The van der Waals surface area contributed by atoms with Crippen LogP contribution in [0.2, 0.25) is 0 Å². The number of hydrogen-bond donors (Lipinski definition) is 4. The Kier molecular flexibility index (Phi) is 21.1. The lowest BCUT2D eigenvalue weighted by Gasteiger charge is -2.32. The van der Waals surface area contributed by atoms with Crippen LogP contribution in [-0.4, -0.2) is 67.8 Å². The predicted octanol–water partition coefficient (Wildman–Crippen LogP) is 17.1. The van der Waals surface area contributed by atoms with Crippen molar-refractivity contribution in [1.29, 1.82) is 0 Å². The molecule has 96 heavy (non-hydrogen) atoms. The molecule has 0 amide bonds. The standard InChI is InChI=1S/C82H72F2N4O8/c83-63-35-31-61(32-36-63)75-65-39-43-69(85-65)77(81(95-51-59-27-15-5-16-28-59)79(93-49-57-23-11-3-12-24-57)73(89)53-91-47-55-19-7-1-8-20-55)70-44-40-66(86-70)76(62-33-37-64(84)38-34-62)68-42-46-72(88-68)78(71-45-41-67(75)87-71)82(96-52-60-29-17-6-18-30-60)80(94-50-58-25-13-4-14-26-58)74(90)54-92-48-56-21-9-2-10-22-56/h1-46,73-74,79-82,85,88-90H,47-54H2/t73-,74-,79-,80-,81-,82-/m0/s1. The summed E-state index contributed by atoms with van der Waals surface area (Å²) in [5.74, 6) is -0.839. The summed E-state index contributed by atoms with van der Waals surface area (Å²) < 4.78 is 71.5. The third-order valence-corrected chi connectivity index (χ3v) is 16.9. The first-order valence-electron chi connectivity index (χ1n) is 32.1. The fourth-order valence-electron chi connectivity index (χ4n) is 12.2. The molecule has 8 aromatic carbocycles. The van der Waals surface area contributed by atoms with Gasteiger partial charge in [0, 0.05) is 44.3 Å². The van der Waals surface area contributed by atoms with Gasteiger partial charge in [-0.2, -0.15) is 0 Å². The molecule has 8 bridgehead atoms. The van der Waals surface area contributed by atoms with Crippen molar-refractivity contribution >= 4 is 46.4 Å². The van der Waals surface area contributed by atoms with Gasteiger partial charge in [-0.25, -0.2) is 18.7 Å². The molecule has 12 nitrogen and oxygen atoms in total. The first-order valence-corrected chi connectivity index (χ1v) is 32.1. The monoisotopic (exact) mass is 1280 g/mol. The quantitative estimate of drug-likeness (QED) is 0.0373. The highest BCUT2D eigenvalue weighted by atomic mass is 19.1. The van der Waals surface area contributed by atoms with Crippen LogP contribution in [-0.2, 0) is 68.1 Å². The number of nitrogens with one attached hydrogen (secondary N) is 2. The minimum atomic E-state index is -1.26. The van der Waals surface area contributed by atoms with Crippen LogP contribution in [0.5, 0.6) is 0 Å². The van der Waals surface area contributed by atoms with Crippen LogP contribution in [0.15, 0.2) is 255 Å². The number of aliphatic hydroxyl groups excluding tert-OH is 2. The summed E-state index contributed by atoms with van der Waals surface area (Å²) in [6.07, 6.45) is 0.814. The van der Waals surface area contributed by atoms with Crippen LogP contribution in [0.25, 0.3) is 68.6 Å². The molecule has 482 valence electrons. The number of ether oxygens (including phenoxy) is 6. The van der Waals surface area contributed by atoms with Gasteiger partial charge in [0.05, 0.1) is 75.6 Å². The predicted molar refractivity (Wildman–Crippen MR) is 372 cm³/mol. The van der Waals surface area contributed by atoms with Gasteiger partial charge in [0.15, 0.2) is 0 Å². The number of H-pyrrole nitrogens is 2. The Morgan fingerprint density at radius 3 is 0.917 bits per heavy atom. The minimum absolute atomic E-state index is 0.106. The minimum Gasteiger partial charge on any atom is -0.388 e. The zero-order valence-electron chi connectivity index (χ0n) is 52.7. The van der Waals surface area contributed by atoms with Crippen LogP contribution >= 0.6 is 0 Å². The Balaban J connectivity index is 1.06. The molecule has 5 heterocycles. The molecule has 0 unspecified atom stereocenters. The highest BCUT2D eigenvalue weighted by molar-refractivity contribution is 5.94. The second-order valence-electron chi connectivity index (χ2n) is 23.7. The normalized spacial score (nSPS) is 13.9. The molecule has 14 heteroatoms. The fourth-order valence-corrected chi connectivity index (χ4v) is 12.2. The van der Waals surface area contributed by atoms with Crippen LogP contribution in [0, 0.1) is 11.6 Å². The molecule has 4 N–H and O–H groups in total. The Morgan fingerprint density at radius 1 is 0.312 bits per heavy atom. The molecule has 0 fully saturated rings. The maximum absolute atomic E-state index is 15.2. The topological polar surface area (TPSA) is 153 Å². The van der Waals surface area contributed by atoms with Gasteiger partial charge < -0.3 is 48.6 Å². The number of benzene rings is 8. The Morgan fingerprint density at radius 2 is 0.594 bits per heavy atom. The molecule has 0 radical (unpaired) electrons. The molecule has 6 atom stereocenters. The first-order chi connectivity index (χ1) is 47.2. The Labute approximate surface area is 556 Å². The van der Waals surface area contributed by atoms with Crippen molar-refractivity contribution in [3.63, 3.8) is 0 Å². The zero-order chi connectivity index (χ0) is 65.4. The van der Waals surface area contributed by atoms with E-state index in [2.05, 4.69) is 9.97 Å². The van der Waals surface area contributed by atoms with Crippen molar-refractivity contribution < 1.29 is 47.4 Å². The second kappa shape index (κ2) is 31.4. The molecule has 11 aromatic rings. The SMILES string of the molecule is O[C@@H](COCc1ccccc1)[C@H](OCc1ccccc1)[C@@H](OCc1ccccc1)c1c2nc(c(-c3ccc(F)cc3)c3ccc([nH]3)c([C@H](OCc3ccccc3)[C@@H](OCc3ccccc3)[C@@H](O)COCc3ccccc3)c3nc(c(-c4ccc(F)cc4)c4ccc1[nH]4)C=C3)C=C2. The summed E-state index contributed by atoms with van der Waals surface area (Å²) in [6.45, 7) is 0.666. The smallest absolute Gasteiger partial charge is 0.123 e. The van der Waals surface area contributed by atoms with Crippen LogP contribution < -0.4 is 0 Å². The highest BCUT2D eigenvalue weighted by Crippen LogP contribution is 2.41. The van der Waals surface area contributed by atoms with Gasteiger partial charge in [0.25, 0.3) is 0 Å². The molecule has 0 aliphatic carbocycles. The van der Waals surface area contributed by atoms with Gasteiger partial charge in [0.2, 0.25) is 0 Å². The van der Waals surface area contributed by atoms with Crippen molar-refractivity contribution in [2.24, 2.45) is 0 Å². The van der Waals surface area contributed by atoms with E-state index in [1.165, 1.54) is 24.3 Å². The molecule has 0 spiro atoms. The van der Waals surface area contributed by atoms with Crippen molar-refractivity contribution in [1.82, 2.24) is 19.9 Å². The van der Waals surface area contributed by atoms with Crippen molar-refractivity contribution in [3.8, 4) is 22.3 Å². The van der Waals surface area contributed by atoms with E-state index < -0.39 is 48.3 Å². The largest absolute Gasteiger partial charge is 0.388 e. The maximum Gasteiger partial charge on any atom is 0.123 e. The Hall–Kier alpha value is -10.1. The number of aromatic nitrogens is 4. The number of aromatic amines is 2. The number of rotatable bonds is 28. The van der Waals surface area contributed by atoms with Crippen molar-refractivity contribution in [3.05, 3.63) is 334 Å². The van der Waals surface area contributed by atoms with Gasteiger partial charge in [-0.05, 0) is 117 Å². The second-order valence-corrected chi connectivity index (χ2v) is 23.7. The molecule has 13 rings (SSSR count). The summed E-state index contributed by atoms with van der Waals surface area (Å²) in [6, 6.07) is 79.0. The summed E-state index contributed by atoms with van der Waals surface area (Å²) in [5.41, 5.74) is 13.3. The van der Waals surface area contributed by atoms with Crippen LogP contribution in [0.3, 0.4) is 0 Å². The average molecular weight is 1280 g/mol. The third kappa shape index (κ3) is 16.0. The van der Waals surface area contributed by atoms with Gasteiger partial charge in [-0.15, -0.1) is 0 Å². The Bertz CT molecular complexity index is 4270. The number of nitrogens with zero attached hydrogens (tertiary/aromatic N) is 2. The summed E-state index contributed by atoms with van der Waals surface area (Å²) in [4.78, 5) is 18.7. The van der Waals surface area contributed by atoms with Gasteiger partial charge in [0.1, 0.15) is 48.3 Å². The van der Waals surface area contributed by atoms with Crippen molar-refractivity contribution in [2.75, 3.05) is 13.2 Å². The van der Waals surface area contributed by atoms with E-state index in [1.807, 2.05) is 231 Å². The van der Waals surface area contributed by atoms with E-state index in [-0.39, 0.29) is 52.9 Å². The van der Waals surface area contributed by atoms with E-state index in [0.717, 1.165) is 33.4 Å². The summed E-state index contributed by atoms with van der Waals surface area (Å²) in [5, 5.41) is 25.5. The molecule has 0 saturated carbocycles. The van der Waals surface area contributed by atoms with Gasteiger partial charge in [-0.3, -0.25) is 0 Å². The number of aliphatic hydroxyl groups is 2. The lowest BCUT2D eigenvalue weighted by atomic mass is 9.98.